The van der Waals surface area contributed by atoms with Crippen LogP contribution in [0, 0.1) is 0 Å². The van der Waals surface area contributed by atoms with Crippen molar-refractivity contribution in [2.75, 3.05) is 6.16 Å². The Kier molecular flexibility index (Phi) is 10.0. The SMILES string of the molecule is CC(=O)/C(C)=C/C=C/C(C)=C/C[P+](c1ccccc1)(c1ccccc1)c1ccccc1.[Br-]. The van der Waals surface area contributed by atoms with E-state index in [-0.39, 0.29) is 22.8 Å². The molecule has 0 aliphatic carbocycles. The number of Topliss-reactive ketones (excluding diaryl/α,β-unsaturated/α-hetero) is 1. The number of rotatable bonds is 8. The maximum Gasteiger partial charge on any atom is 0.155 e. The summed E-state index contributed by atoms with van der Waals surface area (Å²) in [5.74, 6) is 0.105. The van der Waals surface area contributed by atoms with Crippen LogP contribution in [0.2, 0.25) is 0 Å². The van der Waals surface area contributed by atoms with Gasteiger partial charge in [-0.1, -0.05) is 78.4 Å². The van der Waals surface area contributed by atoms with Crippen LogP contribution < -0.4 is 32.9 Å². The van der Waals surface area contributed by atoms with Crippen LogP contribution in [0.15, 0.2) is 126 Å². The summed E-state index contributed by atoms with van der Waals surface area (Å²) >= 11 is 0. The molecule has 0 N–H and O–H groups in total. The van der Waals surface area contributed by atoms with E-state index in [1.807, 2.05) is 19.1 Å². The summed E-state index contributed by atoms with van der Waals surface area (Å²) in [6, 6.07) is 32.7. The second-order valence-corrected chi connectivity index (χ2v) is 11.2. The standard InChI is InChI=1S/C29H30OP.BrH/c1-24(14-13-15-25(2)26(3)30)22-23-31(27-16-7-4-8-17-27,28-18-9-5-10-19-28)29-20-11-6-12-21-29;/h4-22H,23H2,1-3H3;1H/q+1;/p-1/b14-13+,24-22+,25-15+;. The molecule has 0 aliphatic heterocycles. The molecule has 0 fully saturated rings. The highest BCUT2D eigenvalue weighted by Gasteiger charge is 2.44. The van der Waals surface area contributed by atoms with Gasteiger partial charge < -0.3 is 17.0 Å². The average Bonchev–Trinajstić information content (AvgIpc) is 2.81. The van der Waals surface area contributed by atoms with Crippen LogP contribution >= 0.6 is 7.26 Å². The van der Waals surface area contributed by atoms with Gasteiger partial charge in [0.1, 0.15) is 23.2 Å². The molecule has 164 valence electrons. The molecule has 1 nitrogen and oxygen atoms in total. The molecule has 0 spiro atoms. The molecule has 0 bridgehead atoms. The fraction of sp³-hybridized carbons (Fsp3) is 0.138. The van der Waals surface area contributed by atoms with Gasteiger partial charge >= 0.3 is 0 Å². The van der Waals surface area contributed by atoms with E-state index in [1.54, 1.807) is 6.92 Å². The Morgan fingerprint density at radius 3 is 1.50 bits per heavy atom. The average molecular weight is 505 g/mol. The molecule has 3 aromatic carbocycles. The van der Waals surface area contributed by atoms with Gasteiger partial charge in [-0.3, -0.25) is 4.79 Å². The van der Waals surface area contributed by atoms with Gasteiger partial charge in [-0.15, -0.1) is 0 Å². The van der Waals surface area contributed by atoms with E-state index in [9.17, 15) is 4.79 Å². The van der Waals surface area contributed by atoms with Crippen molar-refractivity contribution in [2.45, 2.75) is 20.8 Å². The zero-order valence-corrected chi connectivity index (χ0v) is 21.4. The lowest BCUT2D eigenvalue weighted by Gasteiger charge is -2.26. The third-order valence-electron chi connectivity index (χ3n) is 5.54. The Hall–Kier alpha value is -2.54. The first-order chi connectivity index (χ1) is 15.0. The highest BCUT2D eigenvalue weighted by atomic mass is 79.9. The Bertz CT molecular complexity index is 987. The molecule has 32 heavy (non-hydrogen) atoms. The van der Waals surface area contributed by atoms with Gasteiger partial charge in [0.25, 0.3) is 0 Å². The Morgan fingerprint density at radius 2 is 1.12 bits per heavy atom. The van der Waals surface area contributed by atoms with Crippen LogP contribution in [0.5, 0.6) is 0 Å². The summed E-state index contributed by atoms with van der Waals surface area (Å²) in [4.78, 5) is 11.4. The fourth-order valence-corrected chi connectivity index (χ4v) is 7.75. The minimum absolute atomic E-state index is 0. The predicted octanol–water partition coefficient (Wildman–Crippen LogP) is 3.02. The van der Waals surface area contributed by atoms with Gasteiger partial charge in [0, 0.05) is 0 Å². The van der Waals surface area contributed by atoms with Crippen LogP contribution in [0.25, 0.3) is 0 Å². The number of hydrogen-bond donors (Lipinski definition) is 0. The number of carbonyl (C=O) groups excluding carboxylic acids is 1. The fourth-order valence-electron chi connectivity index (χ4n) is 3.62. The Balaban J connectivity index is 0.00000363. The van der Waals surface area contributed by atoms with Gasteiger partial charge in [0.15, 0.2) is 5.78 Å². The molecule has 0 saturated heterocycles. The minimum atomic E-state index is -1.85. The van der Waals surface area contributed by atoms with E-state index in [2.05, 4.69) is 110 Å². The Morgan fingerprint density at radius 1 is 0.719 bits per heavy atom. The second-order valence-electron chi connectivity index (χ2n) is 7.71. The van der Waals surface area contributed by atoms with Crippen molar-refractivity contribution in [1.29, 1.82) is 0 Å². The molecule has 0 saturated carbocycles. The topological polar surface area (TPSA) is 17.1 Å². The van der Waals surface area contributed by atoms with Crippen LogP contribution in [0.4, 0.5) is 0 Å². The van der Waals surface area contributed by atoms with Gasteiger partial charge in [0.05, 0.1) is 6.16 Å². The van der Waals surface area contributed by atoms with E-state index in [1.165, 1.54) is 21.5 Å². The molecule has 3 heteroatoms. The largest absolute Gasteiger partial charge is 1.00 e. The van der Waals surface area contributed by atoms with Gasteiger partial charge in [-0.2, -0.15) is 0 Å². The first-order valence-corrected chi connectivity index (χ1v) is 12.6. The maximum absolute atomic E-state index is 11.4. The third-order valence-corrected chi connectivity index (χ3v) is 9.81. The number of ketones is 1. The second kappa shape index (κ2) is 12.5. The zero-order chi connectivity index (χ0) is 22.1. The molecule has 0 amide bonds. The van der Waals surface area contributed by atoms with Crippen molar-refractivity contribution < 1.29 is 21.8 Å². The lowest BCUT2D eigenvalue weighted by molar-refractivity contribution is -0.113. The monoisotopic (exact) mass is 504 g/mol. The Labute approximate surface area is 203 Å². The first-order valence-electron chi connectivity index (χ1n) is 10.6. The van der Waals surface area contributed by atoms with Crippen molar-refractivity contribution in [3.05, 3.63) is 126 Å². The third kappa shape index (κ3) is 6.25. The van der Waals surface area contributed by atoms with Gasteiger partial charge in [-0.25, -0.2) is 0 Å². The van der Waals surface area contributed by atoms with E-state index in [0.717, 1.165) is 11.7 Å². The molecule has 0 radical (unpaired) electrons. The molecule has 0 unspecified atom stereocenters. The van der Waals surface area contributed by atoms with E-state index >= 15 is 0 Å². The molecule has 0 aromatic heterocycles. The minimum Gasteiger partial charge on any atom is -1.00 e. The predicted molar refractivity (Wildman–Crippen MR) is 137 cm³/mol. The number of benzene rings is 3. The number of halogens is 1. The maximum atomic E-state index is 11.4. The number of carbonyl (C=O) groups is 1. The quantitative estimate of drug-likeness (QED) is 0.262. The van der Waals surface area contributed by atoms with Crippen molar-refractivity contribution in [2.24, 2.45) is 0 Å². The van der Waals surface area contributed by atoms with Crippen molar-refractivity contribution in [3.63, 3.8) is 0 Å². The first kappa shape index (κ1) is 25.7. The summed E-state index contributed by atoms with van der Waals surface area (Å²) in [7, 11) is -1.85. The van der Waals surface area contributed by atoms with Crippen LogP contribution in [-0.2, 0) is 4.79 Å². The van der Waals surface area contributed by atoms with E-state index < -0.39 is 7.26 Å². The summed E-state index contributed by atoms with van der Waals surface area (Å²) in [5, 5.41) is 4.15. The summed E-state index contributed by atoms with van der Waals surface area (Å²) < 4.78 is 0. The van der Waals surface area contributed by atoms with Crippen molar-refractivity contribution in [1.82, 2.24) is 0 Å². The smallest absolute Gasteiger partial charge is 0.155 e. The summed E-state index contributed by atoms with van der Waals surface area (Å²) in [5.41, 5.74) is 1.96. The van der Waals surface area contributed by atoms with Crippen LogP contribution in [0.3, 0.4) is 0 Å². The van der Waals surface area contributed by atoms with Crippen LogP contribution in [-0.4, -0.2) is 11.9 Å². The highest BCUT2D eigenvalue weighted by Crippen LogP contribution is 2.55. The lowest BCUT2D eigenvalue weighted by Crippen LogP contribution is -3.00. The number of hydrogen-bond acceptors (Lipinski definition) is 1. The molecule has 3 rings (SSSR count). The summed E-state index contributed by atoms with van der Waals surface area (Å²) in [6.45, 7) is 5.58. The zero-order valence-electron chi connectivity index (χ0n) is 18.9. The molecule has 3 aromatic rings. The van der Waals surface area contributed by atoms with Crippen molar-refractivity contribution >= 4 is 29.0 Å². The molecule has 0 atom stereocenters. The summed E-state index contributed by atoms with van der Waals surface area (Å²) in [6.07, 6.45) is 9.22. The molecular formula is C29H30BrOP. The molecule has 0 heterocycles. The molecular weight excluding hydrogens is 475 g/mol. The van der Waals surface area contributed by atoms with Gasteiger partial charge in [-0.05, 0) is 68.8 Å². The van der Waals surface area contributed by atoms with Crippen molar-refractivity contribution in [3.8, 4) is 0 Å². The normalized spacial score (nSPS) is 12.5. The van der Waals surface area contributed by atoms with E-state index in [0.29, 0.717) is 0 Å². The molecule has 0 aliphatic rings. The highest BCUT2D eigenvalue weighted by molar-refractivity contribution is 7.95. The number of allylic oxidation sites excluding steroid dienone is 6. The van der Waals surface area contributed by atoms with Gasteiger partial charge in [0.2, 0.25) is 0 Å². The lowest BCUT2D eigenvalue weighted by atomic mass is 10.2. The van der Waals surface area contributed by atoms with E-state index in [4.69, 9.17) is 0 Å². The van der Waals surface area contributed by atoms with Crippen LogP contribution in [0.1, 0.15) is 20.8 Å².